The van der Waals surface area contributed by atoms with Gasteiger partial charge >= 0.3 is 6.03 Å². The Labute approximate surface area is 109 Å². The fourth-order valence-electron chi connectivity index (χ4n) is 1.37. The third-order valence-corrected chi connectivity index (χ3v) is 3.38. The van der Waals surface area contributed by atoms with Gasteiger partial charge in [-0.15, -0.1) is 22.9 Å². The standard InChI is InChI=1S/C11H15ClN2O2S/c1-7(2)10(8-4-3-5-17-8)14-11(16)13-9(15)6-12/h3-5,7,10H,6H2,1-2H3,(H2,13,14,15,16). The van der Waals surface area contributed by atoms with Gasteiger partial charge in [0.15, 0.2) is 0 Å². The molecule has 0 aliphatic carbocycles. The molecule has 0 saturated heterocycles. The summed E-state index contributed by atoms with van der Waals surface area (Å²) in [5.74, 6) is -0.484. The fourth-order valence-corrected chi connectivity index (χ4v) is 2.39. The number of hydrogen-bond donors (Lipinski definition) is 2. The summed E-state index contributed by atoms with van der Waals surface area (Å²) >= 11 is 6.88. The second kappa shape index (κ2) is 6.61. The first-order valence-corrected chi connectivity index (χ1v) is 6.65. The van der Waals surface area contributed by atoms with Crippen molar-refractivity contribution in [3.8, 4) is 0 Å². The molecule has 0 radical (unpaired) electrons. The Bertz CT molecular complexity index is 379. The smallest absolute Gasteiger partial charge is 0.321 e. The van der Waals surface area contributed by atoms with Crippen LogP contribution in [0.15, 0.2) is 17.5 Å². The lowest BCUT2D eigenvalue weighted by atomic mass is 10.0. The van der Waals surface area contributed by atoms with E-state index >= 15 is 0 Å². The third-order valence-electron chi connectivity index (χ3n) is 2.18. The van der Waals surface area contributed by atoms with Crippen molar-refractivity contribution < 1.29 is 9.59 Å². The summed E-state index contributed by atoms with van der Waals surface area (Å²) in [5, 5.41) is 6.88. The molecule has 1 aromatic rings. The molecule has 0 spiro atoms. The summed E-state index contributed by atoms with van der Waals surface area (Å²) in [5.41, 5.74) is 0. The fraction of sp³-hybridized carbons (Fsp3) is 0.455. The van der Waals surface area contributed by atoms with Crippen molar-refractivity contribution in [2.24, 2.45) is 5.92 Å². The molecule has 1 atom stereocenters. The molecular weight excluding hydrogens is 260 g/mol. The van der Waals surface area contributed by atoms with E-state index in [2.05, 4.69) is 10.6 Å². The van der Waals surface area contributed by atoms with E-state index in [-0.39, 0.29) is 17.8 Å². The number of urea groups is 1. The van der Waals surface area contributed by atoms with Crippen molar-refractivity contribution in [3.05, 3.63) is 22.4 Å². The Hall–Kier alpha value is -1.07. The number of nitrogens with one attached hydrogen (secondary N) is 2. The van der Waals surface area contributed by atoms with Crippen LogP contribution < -0.4 is 10.6 Å². The van der Waals surface area contributed by atoms with Crippen LogP contribution in [-0.4, -0.2) is 17.8 Å². The van der Waals surface area contributed by atoms with Crippen molar-refractivity contribution in [3.63, 3.8) is 0 Å². The van der Waals surface area contributed by atoms with E-state index in [0.717, 1.165) is 4.88 Å². The molecule has 17 heavy (non-hydrogen) atoms. The summed E-state index contributed by atoms with van der Waals surface area (Å²) in [7, 11) is 0. The van der Waals surface area contributed by atoms with Crippen molar-refractivity contribution in [2.45, 2.75) is 19.9 Å². The lowest BCUT2D eigenvalue weighted by molar-refractivity contribution is -0.117. The summed E-state index contributed by atoms with van der Waals surface area (Å²) in [6.07, 6.45) is 0. The van der Waals surface area contributed by atoms with E-state index in [9.17, 15) is 9.59 Å². The van der Waals surface area contributed by atoms with Crippen molar-refractivity contribution >= 4 is 34.9 Å². The maximum absolute atomic E-state index is 11.5. The highest BCUT2D eigenvalue weighted by molar-refractivity contribution is 7.10. The Kier molecular flexibility index (Phi) is 5.44. The van der Waals surface area contributed by atoms with Gasteiger partial charge in [-0.05, 0) is 17.4 Å². The van der Waals surface area contributed by atoms with Crippen LogP contribution in [0.5, 0.6) is 0 Å². The Morgan fingerprint density at radius 1 is 1.47 bits per heavy atom. The SMILES string of the molecule is CC(C)C(NC(=O)NC(=O)CCl)c1cccs1. The largest absolute Gasteiger partial charge is 0.330 e. The highest BCUT2D eigenvalue weighted by atomic mass is 35.5. The number of carbonyl (C=O) groups is 2. The van der Waals surface area contributed by atoms with Gasteiger partial charge in [0.05, 0.1) is 6.04 Å². The van der Waals surface area contributed by atoms with Gasteiger partial charge in [0.25, 0.3) is 0 Å². The first-order chi connectivity index (χ1) is 8.04. The maximum atomic E-state index is 11.5. The first kappa shape index (κ1) is 14.0. The topological polar surface area (TPSA) is 58.2 Å². The summed E-state index contributed by atoms with van der Waals surface area (Å²) in [4.78, 5) is 23.5. The zero-order chi connectivity index (χ0) is 12.8. The molecule has 2 N–H and O–H groups in total. The van der Waals surface area contributed by atoms with Crippen LogP contribution in [-0.2, 0) is 4.79 Å². The maximum Gasteiger partial charge on any atom is 0.321 e. The first-order valence-electron chi connectivity index (χ1n) is 5.24. The second-order valence-electron chi connectivity index (χ2n) is 3.89. The molecule has 1 unspecified atom stereocenters. The zero-order valence-corrected chi connectivity index (χ0v) is 11.3. The Morgan fingerprint density at radius 2 is 2.18 bits per heavy atom. The van der Waals surface area contributed by atoms with Crippen LogP contribution in [0.4, 0.5) is 4.79 Å². The molecular formula is C11H15ClN2O2S. The molecule has 94 valence electrons. The van der Waals surface area contributed by atoms with Gasteiger partial charge in [0.1, 0.15) is 5.88 Å². The molecule has 0 fully saturated rings. The van der Waals surface area contributed by atoms with E-state index in [1.165, 1.54) is 0 Å². The van der Waals surface area contributed by atoms with Gasteiger partial charge in [0.2, 0.25) is 5.91 Å². The van der Waals surface area contributed by atoms with Crippen molar-refractivity contribution in [1.29, 1.82) is 0 Å². The summed E-state index contributed by atoms with van der Waals surface area (Å²) in [6, 6.07) is 3.28. The lowest BCUT2D eigenvalue weighted by Gasteiger charge is -2.21. The minimum atomic E-state index is -0.511. The number of rotatable bonds is 4. The van der Waals surface area contributed by atoms with Crippen LogP contribution in [0, 0.1) is 5.92 Å². The number of hydrogen-bond acceptors (Lipinski definition) is 3. The number of halogens is 1. The Morgan fingerprint density at radius 3 is 2.65 bits per heavy atom. The quantitative estimate of drug-likeness (QED) is 0.829. The molecule has 1 rings (SSSR count). The molecule has 6 heteroatoms. The van der Waals surface area contributed by atoms with Crippen LogP contribution in [0.25, 0.3) is 0 Å². The predicted octanol–water partition coefficient (Wildman–Crippen LogP) is 2.51. The lowest BCUT2D eigenvalue weighted by Crippen LogP contribution is -2.42. The van der Waals surface area contributed by atoms with Gasteiger partial charge in [-0.2, -0.15) is 0 Å². The molecule has 1 heterocycles. The minimum Gasteiger partial charge on any atom is -0.330 e. The average molecular weight is 275 g/mol. The minimum absolute atomic E-state index is 0.0990. The molecule has 4 nitrogen and oxygen atoms in total. The molecule has 3 amide bonds. The van der Waals surface area contributed by atoms with Crippen LogP contribution in [0.2, 0.25) is 0 Å². The van der Waals surface area contributed by atoms with Crippen LogP contribution in [0.1, 0.15) is 24.8 Å². The molecule has 0 aromatic carbocycles. The highest BCUT2D eigenvalue weighted by Crippen LogP contribution is 2.25. The predicted molar refractivity (Wildman–Crippen MR) is 69.3 cm³/mol. The van der Waals surface area contributed by atoms with Crippen LogP contribution in [0.3, 0.4) is 0 Å². The van der Waals surface area contributed by atoms with Crippen molar-refractivity contribution in [1.82, 2.24) is 10.6 Å². The van der Waals surface area contributed by atoms with E-state index < -0.39 is 11.9 Å². The second-order valence-corrected chi connectivity index (χ2v) is 5.14. The van der Waals surface area contributed by atoms with Crippen LogP contribution >= 0.6 is 22.9 Å². The zero-order valence-electron chi connectivity index (χ0n) is 9.70. The molecule has 0 bridgehead atoms. The average Bonchev–Trinajstić information content (AvgIpc) is 2.78. The van der Waals surface area contributed by atoms with Crippen molar-refractivity contribution in [2.75, 3.05) is 5.88 Å². The number of amides is 3. The van der Waals surface area contributed by atoms with Gasteiger partial charge in [-0.3, -0.25) is 10.1 Å². The molecule has 1 aromatic heterocycles. The van der Waals surface area contributed by atoms with E-state index in [0.29, 0.717) is 0 Å². The number of carbonyl (C=O) groups excluding carboxylic acids is 2. The number of imide groups is 1. The molecule has 0 aliphatic rings. The van der Waals surface area contributed by atoms with E-state index in [1.54, 1.807) is 11.3 Å². The van der Waals surface area contributed by atoms with Gasteiger partial charge in [-0.25, -0.2) is 4.79 Å². The molecule has 0 aliphatic heterocycles. The summed E-state index contributed by atoms with van der Waals surface area (Å²) < 4.78 is 0. The summed E-state index contributed by atoms with van der Waals surface area (Å²) in [6.45, 7) is 4.02. The van der Waals surface area contributed by atoms with E-state index in [4.69, 9.17) is 11.6 Å². The monoisotopic (exact) mass is 274 g/mol. The van der Waals surface area contributed by atoms with Gasteiger partial charge in [0, 0.05) is 4.88 Å². The van der Waals surface area contributed by atoms with E-state index in [1.807, 2.05) is 31.4 Å². The molecule has 0 saturated carbocycles. The van der Waals surface area contributed by atoms with Gasteiger partial charge in [-0.1, -0.05) is 19.9 Å². The Balaban J connectivity index is 2.62. The van der Waals surface area contributed by atoms with Gasteiger partial charge < -0.3 is 5.32 Å². The third kappa shape index (κ3) is 4.36. The number of thiophene rings is 1. The number of alkyl halides is 1. The highest BCUT2D eigenvalue weighted by Gasteiger charge is 2.19. The normalized spacial score (nSPS) is 12.2.